The topological polar surface area (TPSA) is 90.0 Å². The molecule has 2 amide bonds. The van der Waals surface area contributed by atoms with Crippen molar-refractivity contribution in [2.45, 2.75) is 57.9 Å². The number of fused-ring (bicyclic) bond motifs is 2. The van der Waals surface area contributed by atoms with Crippen LogP contribution in [0.1, 0.15) is 58.8 Å². The summed E-state index contributed by atoms with van der Waals surface area (Å²) < 4.78 is 20.9. The van der Waals surface area contributed by atoms with E-state index in [1.807, 2.05) is 60.4 Å². The van der Waals surface area contributed by atoms with Gasteiger partial charge in [-0.3, -0.25) is 19.3 Å². The number of ether oxygens (including phenoxy) is 3. The number of pyridine rings is 1. The van der Waals surface area contributed by atoms with E-state index in [1.165, 1.54) is 11.9 Å². The Hall–Kier alpha value is -4.24. The lowest BCUT2D eigenvalue weighted by molar-refractivity contribution is -0.118. The maximum absolute atomic E-state index is 14.1. The lowest BCUT2D eigenvalue weighted by Gasteiger charge is -2.19. The van der Waals surface area contributed by atoms with Crippen LogP contribution in [0.25, 0.3) is 10.9 Å². The number of anilines is 1. The summed E-state index contributed by atoms with van der Waals surface area (Å²) in [5.74, 6) is 2.40. The van der Waals surface area contributed by atoms with Crippen molar-refractivity contribution >= 4 is 40.4 Å². The van der Waals surface area contributed by atoms with Crippen LogP contribution in [0, 0.1) is 6.92 Å². The number of rotatable bonds is 12. The van der Waals surface area contributed by atoms with E-state index in [4.69, 9.17) is 14.2 Å². The van der Waals surface area contributed by atoms with E-state index in [-0.39, 0.29) is 24.3 Å². The smallest absolute Gasteiger partial charge is 0.262 e. The minimum absolute atomic E-state index is 0.0875. The fraction of sp³-hybridized carbons (Fsp3) is 0.324. The second-order valence-corrected chi connectivity index (χ2v) is 11.7. The van der Waals surface area contributed by atoms with Crippen LogP contribution in [-0.2, 0) is 23.5 Å². The Labute approximate surface area is 255 Å². The Kier molecular flexibility index (Phi) is 8.42. The number of benzene rings is 3. The van der Waals surface area contributed by atoms with Crippen LogP contribution in [0.15, 0.2) is 60.8 Å². The van der Waals surface area contributed by atoms with Gasteiger partial charge in [-0.05, 0) is 73.5 Å². The van der Waals surface area contributed by atoms with E-state index in [0.29, 0.717) is 41.7 Å². The van der Waals surface area contributed by atoms with Gasteiger partial charge in [-0.25, -0.2) is 0 Å². The Morgan fingerprint density at radius 1 is 1.12 bits per heavy atom. The Morgan fingerprint density at radius 3 is 2.72 bits per heavy atom. The maximum Gasteiger partial charge on any atom is 0.262 e. The lowest BCUT2D eigenvalue weighted by atomic mass is 10.0. The van der Waals surface area contributed by atoms with Gasteiger partial charge in [-0.15, -0.1) is 0 Å². The third kappa shape index (κ3) is 5.99. The van der Waals surface area contributed by atoms with E-state index in [2.05, 4.69) is 22.7 Å². The van der Waals surface area contributed by atoms with Crippen molar-refractivity contribution in [3.63, 3.8) is 0 Å². The molecule has 4 aromatic rings. The van der Waals surface area contributed by atoms with Gasteiger partial charge in [0.05, 0.1) is 38.3 Å². The molecule has 1 aliphatic heterocycles. The molecule has 0 spiro atoms. The van der Waals surface area contributed by atoms with Gasteiger partial charge >= 0.3 is 0 Å². The number of amides is 2. The van der Waals surface area contributed by atoms with Crippen molar-refractivity contribution in [3.8, 4) is 17.2 Å². The van der Waals surface area contributed by atoms with Gasteiger partial charge in [0.1, 0.15) is 17.0 Å². The summed E-state index contributed by atoms with van der Waals surface area (Å²) in [6.45, 7) is 4.99. The predicted octanol–water partition coefficient (Wildman–Crippen LogP) is 6.55. The zero-order valence-electron chi connectivity index (χ0n) is 24.6. The SMILES string of the molecule is CCCOc1c2c(c(OC3CC3)c3cccnc13)C(=O)N(c1ccc(CSNC(=O)Cc3ccccc3OC)cc1C)C2. The summed E-state index contributed by atoms with van der Waals surface area (Å²) in [6.07, 6.45) is 4.95. The number of hydrogen-bond acceptors (Lipinski definition) is 7. The van der Waals surface area contributed by atoms with Gasteiger partial charge in [0.15, 0.2) is 5.75 Å². The molecule has 6 rings (SSSR count). The third-order valence-electron chi connectivity index (χ3n) is 7.63. The third-order valence-corrected chi connectivity index (χ3v) is 8.48. The summed E-state index contributed by atoms with van der Waals surface area (Å²) >= 11 is 1.35. The van der Waals surface area contributed by atoms with Crippen LogP contribution in [-0.4, -0.2) is 36.6 Å². The van der Waals surface area contributed by atoms with Crippen LogP contribution >= 0.6 is 11.9 Å². The number of aromatic nitrogens is 1. The highest BCUT2D eigenvalue weighted by Gasteiger charge is 2.39. The number of nitrogens with zero attached hydrogens (tertiary/aromatic N) is 2. The molecule has 3 aromatic carbocycles. The maximum atomic E-state index is 14.1. The Balaban J connectivity index is 1.20. The number of methoxy groups -OCH3 is 1. The zero-order chi connectivity index (χ0) is 29.9. The molecule has 8 nitrogen and oxygen atoms in total. The summed E-state index contributed by atoms with van der Waals surface area (Å²) in [4.78, 5) is 33.1. The number of para-hydroxylation sites is 1. The zero-order valence-corrected chi connectivity index (χ0v) is 25.5. The number of hydrogen-bond donors (Lipinski definition) is 1. The molecule has 1 aromatic heterocycles. The Bertz CT molecular complexity index is 1690. The first kappa shape index (κ1) is 28.9. The standard InChI is InChI=1S/C34H35N3O5S/c1-4-16-41-33-26-19-37(34(39)30(26)32(42-24-12-13-24)25-9-7-15-35-31(25)33)27-14-11-22(17-21(27)2)20-43-36-29(38)18-23-8-5-6-10-28(23)40-3/h5-11,14-15,17,24H,4,12-13,16,18-20H2,1-3H3,(H,36,38). The highest BCUT2D eigenvalue weighted by atomic mass is 32.2. The normalized spacial score (nSPS) is 14.1. The van der Waals surface area contributed by atoms with Crippen LogP contribution in [0.4, 0.5) is 5.69 Å². The highest BCUT2D eigenvalue weighted by Crippen LogP contribution is 2.47. The van der Waals surface area contributed by atoms with Crippen LogP contribution in [0.2, 0.25) is 0 Å². The molecule has 1 aliphatic carbocycles. The molecular formula is C34H35N3O5S. The van der Waals surface area contributed by atoms with Crippen molar-refractivity contribution in [1.29, 1.82) is 0 Å². The van der Waals surface area contributed by atoms with Gasteiger partial charge in [-0.1, -0.05) is 37.3 Å². The first-order chi connectivity index (χ1) is 21.0. The fourth-order valence-corrected chi connectivity index (χ4v) is 6.09. The number of carbonyl (C=O) groups excluding carboxylic acids is 2. The molecule has 43 heavy (non-hydrogen) atoms. The molecule has 1 fully saturated rings. The summed E-state index contributed by atoms with van der Waals surface area (Å²) in [6, 6.07) is 17.4. The second-order valence-electron chi connectivity index (χ2n) is 10.9. The fourth-order valence-electron chi connectivity index (χ4n) is 5.44. The predicted molar refractivity (Wildman–Crippen MR) is 169 cm³/mol. The van der Waals surface area contributed by atoms with Crippen molar-refractivity contribution < 1.29 is 23.8 Å². The highest BCUT2D eigenvalue weighted by molar-refractivity contribution is 7.97. The van der Waals surface area contributed by atoms with Crippen LogP contribution < -0.4 is 23.8 Å². The molecule has 0 saturated heterocycles. The van der Waals surface area contributed by atoms with Gasteiger partial charge in [0, 0.05) is 34.2 Å². The first-order valence-corrected chi connectivity index (χ1v) is 15.6. The number of aryl methyl sites for hydroxylation is 1. The number of nitrogens with one attached hydrogen (secondary N) is 1. The molecule has 1 saturated carbocycles. The van der Waals surface area contributed by atoms with Gasteiger partial charge in [0.25, 0.3) is 5.91 Å². The van der Waals surface area contributed by atoms with Crippen molar-refractivity contribution in [2.75, 3.05) is 18.6 Å². The van der Waals surface area contributed by atoms with E-state index in [0.717, 1.165) is 58.1 Å². The van der Waals surface area contributed by atoms with E-state index in [1.54, 1.807) is 13.3 Å². The minimum atomic E-state index is -0.0911. The quantitative estimate of drug-likeness (QED) is 0.185. The second kappa shape index (κ2) is 12.6. The monoisotopic (exact) mass is 597 g/mol. The molecule has 0 atom stereocenters. The van der Waals surface area contributed by atoms with Crippen LogP contribution in [0.3, 0.4) is 0 Å². The molecule has 2 heterocycles. The molecular weight excluding hydrogens is 562 g/mol. The molecule has 0 unspecified atom stereocenters. The summed E-state index contributed by atoms with van der Waals surface area (Å²) in [7, 11) is 1.60. The van der Waals surface area contributed by atoms with Crippen molar-refractivity contribution in [1.82, 2.24) is 9.71 Å². The summed E-state index contributed by atoms with van der Waals surface area (Å²) in [5, 5.41) is 0.811. The minimum Gasteiger partial charge on any atom is -0.496 e. The lowest BCUT2D eigenvalue weighted by Crippen LogP contribution is -2.24. The average molecular weight is 598 g/mol. The molecule has 2 aliphatic rings. The molecule has 1 N–H and O–H groups in total. The van der Waals surface area contributed by atoms with Gasteiger partial charge < -0.3 is 19.1 Å². The largest absolute Gasteiger partial charge is 0.496 e. The van der Waals surface area contributed by atoms with Crippen molar-refractivity contribution in [3.05, 3.63) is 88.6 Å². The van der Waals surface area contributed by atoms with E-state index in [9.17, 15) is 9.59 Å². The van der Waals surface area contributed by atoms with Gasteiger partial charge in [0.2, 0.25) is 5.91 Å². The van der Waals surface area contributed by atoms with Crippen LogP contribution in [0.5, 0.6) is 17.2 Å². The van der Waals surface area contributed by atoms with E-state index >= 15 is 0 Å². The number of carbonyl (C=O) groups is 2. The van der Waals surface area contributed by atoms with E-state index < -0.39 is 0 Å². The van der Waals surface area contributed by atoms with Crippen molar-refractivity contribution in [2.24, 2.45) is 0 Å². The molecule has 9 heteroatoms. The molecule has 0 radical (unpaired) electrons. The Morgan fingerprint density at radius 2 is 1.95 bits per heavy atom. The molecule has 222 valence electrons. The first-order valence-electron chi connectivity index (χ1n) is 14.6. The average Bonchev–Trinajstić information content (AvgIpc) is 3.78. The van der Waals surface area contributed by atoms with Gasteiger partial charge in [-0.2, -0.15) is 0 Å². The molecule has 0 bridgehead atoms. The summed E-state index contributed by atoms with van der Waals surface area (Å²) in [5.41, 5.74) is 5.85.